The Bertz CT molecular complexity index is 356. The van der Waals surface area contributed by atoms with E-state index in [-0.39, 0.29) is 24.7 Å². The molecular weight excluding hydrogens is 205 g/mol. The fraction of sp³-hybridized carbons (Fsp3) is 0.333. The highest BCUT2D eigenvalue weighted by Gasteiger charge is 2.15. The largest absolute Gasteiger partial charge is 0.484 e. The van der Waals surface area contributed by atoms with Crippen LogP contribution in [0.2, 0.25) is 0 Å². The van der Waals surface area contributed by atoms with Crippen molar-refractivity contribution < 1.29 is 19.2 Å². The normalized spacial score (nSPS) is 10.0. The minimum atomic E-state index is -0.709. The summed E-state index contributed by atoms with van der Waals surface area (Å²) in [6, 6.07) is 4.04. The SMILES string of the molecule is O=[N+]([O-])c1cc(CO)ccc1OCCF. The van der Waals surface area contributed by atoms with Crippen LogP contribution in [0.15, 0.2) is 18.2 Å². The van der Waals surface area contributed by atoms with E-state index in [4.69, 9.17) is 9.84 Å². The van der Waals surface area contributed by atoms with Crippen molar-refractivity contribution in [2.45, 2.75) is 6.61 Å². The van der Waals surface area contributed by atoms with Gasteiger partial charge in [0.25, 0.3) is 0 Å². The number of aliphatic hydroxyl groups is 1. The molecular formula is C9H10FNO4. The number of nitrogens with zero attached hydrogens (tertiary/aromatic N) is 1. The lowest BCUT2D eigenvalue weighted by Gasteiger charge is -2.05. The van der Waals surface area contributed by atoms with Crippen LogP contribution in [0, 0.1) is 10.1 Å². The zero-order valence-corrected chi connectivity index (χ0v) is 7.85. The number of halogens is 1. The van der Waals surface area contributed by atoms with Crippen LogP contribution in [-0.2, 0) is 6.61 Å². The van der Waals surface area contributed by atoms with Gasteiger partial charge in [-0.1, -0.05) is 6.07 Å². The maximum Gasteiger partial charge on any atom is 0.311 e. The van der Waals surface area contributed by atoms with E-state index in [1.807, 2.05) is 0 Å². The lowest BCUT2D eigenvalue weighted by molar-refractivity contribution is -0.386. The molecule has 15 heavy (non-hydrogen) atoms. The maximum absolute atomic E-state index is 11.8. The van der Waals surface area contributed by atoms with Crippen LogP contribution in [0.25, 0.3) is 0 Å². The third-order valence-electron chi connectivity index (χ3n) is 1.74. The van der Waals surface area contributed by atoms with E-state index in [2.05, 4.69) is 0 Å². The van der Waals surface area contributed by atoms with Gasteiger partial charge in [-0.25, -0.2) is 4.39 Å². The highest BCUT2D eigenvalue weighted by molar-refractivity contribution is 5.48. The van der Waals surface area contributed by atoms with E-state index in [0.717, 1.165) is 0 Å². The Morgan fingerprint density at radius 2 is 2.27 bits per heavy atom. The van der Waals surface area contributed by atoms with Crippen LogP contribution in [0.3, 0.4) is 0 Å². The van der Waals surface area contributed by atoms with Crippen molar-refractivity contribution in [3.8, 4) is 5.75 Å². The van der Waals surface area contributed by atoms with Crippen LogP contribution < -0.4 is 4.74 Å². The number of nitro groups is 1. The minimum Gasteiger partial charge on any atom is -0.484 e. The first-order valence-electron chi connectivity index (χ1n) is 4.26. The van der Waals surface area contributed by atoms with Gasteiger partial charge >= 0.3 is 5.69 Å². The topological polar surface area (TPSA) is 72.6 Å². The van der Waals surface area contributed by atoms with Gasteiger partial charge in [-0.15, -0.1) is 0 Å². The molecule has 1 N–H and O–H groups in total. The average molecular weight is 215 g/mol. The molecule has 0 amide bonds. The molecule has 0 fully saturated rings. The molecule has 6 heteroatoms. The summed E-state index contributed by atoms with van der Waals surface area (Å²) in [4.78, 5) is 9.97. The highest BCUT2D eigenvalue weighted by atomic mass is 19.1. The molecule has 0 aromatic heterocycles. The summed E-state index contributed by atoms with van der Waals surface area (Å²) in [5.74, 6) is 0.00912. The molecule has 0 saturated heterocycles. The molecule has 82 valence electrons. The standard InChI is InChI=1S/C9H10FNO4/c10-3-4-15-9-2-1-7(6-12)5-8(9)11(13)14/h1-2,5,12H,3-4,6H2. The quantitative estimate of drug-likeness (QED) is 0.595. The van der Waals surface area contributed by atoms with Gasteiger partial charge in [-0.2, -0.15) is 0 Å². The van der Waals surface area contributed by atoms with Crippen molar-refractivity contribution in [1.29, 1.82) is 0 Å². The molecule has 0 bridgehead atoms. The van der Waals surface area contributed by atoms with Crippen LogP contribution in [0.4, 0.5) is 10.1 Å². The first-order chi connectivity index (χ1) is 7.19. The smallest absolute Gasteiger partial charge is 0.311 e. The summed E-state index contributed by atoms with van der Waals surface area (Å²) >= 11 is 0. The van der Waals surface area contributed by atoms with Gasteiger partial charge < -0.3 is 9.84 Å². The third kappa shape index (κ3) is 2.88. The van der Waals surface area contributed by atoms with Gasteiger partial charge in [-0.3, -0.25) is 10.1 Å². The molecule has 5 nitrogen and oxygen atoms in total. The van der Waals surface area contributed by atoms with Crippen molar-refractivity contribution in [2.75, 3.05) is 13.3 Å². The van der Waals surface area contributed by atoms with E-state index < -0.39 is 11.6 Å². The number of nitro benzene ring substituents is 1. The summed E-state index contributed by atoms with van der Waals surface area (Å²) < 4.78 is 16.7. The summed E-state index contributed by atoms with van der Waals surface area (Å²) in [5, 5.41) is 19.4. The van der Waals surface area contributed by atoms with E-state index in [0.29, 0.717) is 5.56 Å². The number of hydrogen-bond donors (Lipinski definition) is 1. The predicted molar refractivity (Wildman–Crippen MR) is 50.5 cm³/mol. The van der Waals surface area contributed by atoms with Crippen molar-refractivity contribution >= 4 is 5.69 Å². The Kier molecular flexibility index (Phi) is 3.99. The number of hydrogen-bond acceptors (Lipinski definition) is 4. The molecule has 0 unspecified atom stereocenters. The molecule has 1 rings (SSSR count). The molecule has 1 aromatic carbocycles. The van der Waals surface area contributed by atoms with Gasteiger partial charge in [0.15, 0.2) is 5.75 Å². The third-order valence-corrected chi connectivity index (χ3v) is 1.74. The minimum absolute atomic E-state index is 0.00912. The zero-order chi connectivity index (χ0) is 11.3. The second kappa shape index (κ2) is 5.26. The molecule has 1 aromatic rings. The zero-order valence-electron chi connectivity index (χ0n) is 7.85. The summed E-state index contributed by atoms with van der Waals surface area (Å²) in [6.07, 6.45) is 0. The molecule has 0 spiro atoms. The van der Waals surface area contributed by atoms with Gasteiger partial charge in [-0.05, 0) is 11.6 Å². The number of aliphatic hydroxyl groups excluding tert-OH is 1. The summed E-state index contributed by atoms with van der Waals surface area (Å²) in [6.45, 7) is -1.22. The Hall–Kier alpha value is -1.69. The van der Waals surface area contributed by atoms with Crippen LogP contribution in [0.5, 0.6) is 5.75 Å². The summed E-state index contributed by atoms with van der Waals surface area (Å²) in [5.41, 5.74) is 0.143. The second-order valence-electron chi connectivity index (χ2n) is 2.75. The Labute approximate surface area is 85.3 Å². The van der Waals surface area contributed by atoms with Gasteiger partial charge in [0.2, 0.25) is 0 Å². The molecule has 0 atom stereocenters. The Morgan fingerprint density at radius 1 is 1.53 bits per heavy atom. The van der Waals surface area contributed by atoms with E-state index in [1.165, 1.54) is 18.2 Å². The van der Waals surface area contributed by atoms with Gasteiger partial charge in [0, 0.05) is 6.07 Å². The Morgan fingerprint density at radius 3 is 2.80 bits per heavy atom. The molecule has 0 heterocycles. The fourth-order valence-corrected chi connectivity index (χ4v) is 1.07. The monoisotopic (exact) mass is 215 g/mol. The first-order valence-corrected chi connectivity index (χ1v) is 4.26. The molecule has 0 radical (unpaired) electrons. The molecule has 0 aliphatic heterocycles. The van der Waals surface area contributed by atoms with Gasteiger partial charge in [0.05, 0.1) is 11.5 Å². The van der Waals surface area contributed by atoms with E-state index >= 15 is 0 Å². The number of rotatable bonds is 5. The lowest BCUT2D eigenvalue weighted by Crippen LogP contribution is -2.02. The lowest BCUT2D eigenvalue weighted by atomic mass is 10.2. The van der Waals surface area contributed by atoms with Gasteiger partial charge in [0.1, 0.15) is 13.3 Å². The molecule has 0 saturated carbocycles. The van der Waals surface area contributed by atoms with E-state index in [1.54, 1.807) is 0 Å². The maximum atomic E-state index is 11.8. The van der Waals surface area contributed by atoms with Crippen molar-refractivity contribution in [1.82, 2.24) is 0 Å². The predicted octanol–water partition coefficient (Wildman–Crippen LogP) is 1.44. The Balaban J connectivity index is 2.98. The first kappa shape index (κ1) is 11.4. The number of ether oxygens (including phenoxy) is 1. The molecule has 0 aliphatic carbocycles. The fourth-order valence-electron chi connectivity index (χ4n) is 1.07. The van der Waals surface area contributed by atoms with Crippen LogP contribution in [0.1, 0.15) is 5.56 Å². The van der Waals surface area contributed by atoms with Crippen molar-refractivity contribution in [3.63, 3.8) is 0 Å². The number of benzene rings is 1. The van der Waals surface area contributed by atoms with Crippen molar-refractivity contribution in [3.05, 3.63) is 33.9 Å². The number of alkyl halides is 1. The molecule has 0 aliphatic rings. The van der Waals surface area contributed by atoms with Crippen LogP contribution in [-0.4, -0.2) is 23.3 Å². The summed E-state index contributed by atoms with van der Waals surface area (Å²) in [7, 11) is 0. The highest BCUT2D eigenvalue weighted by Crippen LogP contribution is 2.27. The van der Waals surface area contributed by atoms with Crippen molar-refractivity contribution in [2.24, 2.45) is 0 Å². The second-order valence-corrected chi connectivity index (χ2v) is 2.75. The van der Waals surface area contributed by atoms with Crippen LogP contribution >= 0.6 is 0 Å². The van der Waals surface area contributed by atoms with E-state index in [9.17, 15) is 14.5 Å². The average Bonchev–Trinajstić information content (AvgIpc) is 2.26.